The first-order valence-electron chi connectivity index (χ1n) is 9.11. The Kier molecular flexibility index (Phi) is 6.68. The van der Waals surface area contributed by atoms with Crippen molar-refractivity contribution in [1.82, 2.24) is 9.82 Å². The van der Waals surface area contributed by atoms with Crippen molar-refractivity contribution in [2.45, 2.75) is 25.2 Å². The summed E-state index contributed by atoms with van der Waals surface area (Å²) in [5, 5.41) is 4.12. The van der Waals surface area contributed by atoms with Crippen LogP contribution in [0, 0.1) is 0 Å². The normalized spacial score (nSPS) is 11.8. The van der Waals surface area contributed by atoms with Gasteiger partial charge in [0.15, 0.2) is 17.1 Å². The first kappa shape index (κ1) is 21.7. The number of H-pyrrole nitrogens is 1. The van der Waals surface area contributed by atoms with Gasteiger partial charge < -0.3 is 13.9 Å². The Hall–Kier alpha value is -2.98. The minimum atomic E-state index is -3.98. The number of aromatic nitrogens is 1. The highest BCUT2D eigenvalue weighted by Crippen LogP contribution is 2.36. The molecule has 0 atom stereocenters. The van der Waals surface area contributed by atoms with Gasteiger partial charge in [-0.2, -0.15) is 13.5 Å². The van der Waals surface area contributed by atoms with E-state index in [9.17, 15) is 13.2 Å². The van der Waals surface area contributed by atoms with E-state index in [2.05, 4.69) is 14.9 Å². The average Bonchev–Trinajstić information content (AvgIpc) is 3.06. The molecule has 0 aliphatic heterocycles. The number of nitrogens with zero attached hydrogens (tertiary/aromatic N) is 1. The predicted octanol–water partition coefficient (Wildman–Crippen LogP) is 3.27. The molecule has 0 unspecified atom stereocenters. The van der Waals surface area contributed by atoms with Crippen molar-refractivity contribution >= 4 is 38.9 Å². The van der Waals surface area contributed by atoms with Crippen LogP contribution in [0.5, 0.6) is 11.5 Å². The summed E-state index contributed by atoms with van der Waals surface area (Å²) in [6.07, 6.45) is 2.11. The molecule has 160 valence electrons. The first-order valence-corrected chi connectivity index (χ1v) is 11.0. The maximum atomic E-state index is 12.5. The topological polar surface area (TPSA) is 123 Å². The summed E-state index contributed by atoms with van der Waals surface area (Å²) >= 11 is 6.28. The fraction of sp³-hybridized carbons (Fsp3) is 0.263. The number of ether oxygens (including phenoxy) is 2. The smallest absolute Gasteiger partial charge is 0.417 e. The molecule has 1 aromatic heterocycles. The fourth-order valence-corrected chi connectivity index (χ4v) is 3.67. The number of sulfonamides is 1. The number of nitrogens with one attached hydrogen (secondary N) is 2. The zero-order valence-electron chi connectivity index (χ0n) is 16.3. The van der Waals surface area contributed by atoms with Gasteiger partial charge in [-0.3, -0.25) is 4.98 Å². The summed E-state index contributed by atoms with van der Waals surface area (Å²) < 4.78 is 41.0. The summed E-state index contributed by atoms with van der Waals surface area (Å²) in [7, 11) is -3.98. The lowest BCUT2D eigenvalue weighted by atomic mass is 10.2. The van der Waals surface area contributed by atoms with Gasteiger partial charge in [-0.05, 0) is 43.2 Å². The summed E-state index contributed by atoms with van der Waals surface area (Å²) in [5.41, 5.74) is 1.04. The number of fused-ring (bicyclic) bond motifs is 1. The molecule has 0 saturated carbocycles. The molecule has 0 fully saturated rings. The first-order chi connectivity index (χ1) is 14.3. The van der Waals surface area contributed by atoms with Gasteiger partial charge in [0, 0.05) is 6.07 Å². The third kappa shape index (κ3) is 4.95. The zero-order chi connectivity index (χ0) is 21.7. The monoisotopic (exact) mass is 453 g/mol. The SMILES string of the molecule is CCCOc1c(Cl)cc(/C=N/NS(=O)(=O)c2ccc3[nH]c(=O)oc3c2)cc1OCC. The Morgan fingerprint density at radius 1 is 1.23 bits per heavy atom. The lowest BCUT2D eigenvalue weighted by molar-refractivity contribution is 0.277. The molecular formula is C19H20ClN3O6S. The van der Waals surface area contributed by atoms with Gasteiger partial charge in [-0.25, -0.2) is 9.63 Å². The number of halogens is 1. The van der Waals surface area contributed by atoms with Gasteiger partial charge in [-0.15, -0.1) is 0 Å². The minimum absolute atomic E-state index is 0.105. The number of rotatable bonds is 9. The number of benzene rings is 2. The zero-order valence-corrected chi connectivity index (χ0v) is 17.8. The van der Waals surface area contributed by atoms with Crippen LogP contribution in [-0.4, -0.2) is 32.8 Å². The van der Waals surface area contributed by atoms with Crippen molar-refractivity contribution < 1.29 is 22.3 Å². The second-order valence-electron chi connectivity index (χ2n) is 6.14. The van der Waals surface area contributed by atoms with Crippen LogP contribution in [0.3, 0.4) is 0 Å². The molecule has 3 aromatic rings. The average molecular weight is 454 g/mol. The lowest BCUT2D eigenvalue weighted by Crippen LogP contribution is -2.18. The van der Waals surface area contributed by atoms with Crippen LogP contribution in [0.4, 0.5) is 0 Å². The Labute approximate surface area is 177 Å². The number of hydrazone groups is 1. The van der Waals surface area contributed by atoms with E-state index < -0.39 is 15.8 Å². The molecule has 0 radical (unpaired) electrons. The number of oxazole rings is 1. The third-order valence-corrected chi connectivity index (χ3v) is 5.37. The quantitative estimate of drug-likeness (QED) is 0.378. The summed E-state index contributed by atoms with van der Waals surface area (Å²) in [6.45, 7) is 4.70. The fourth-order valence-electron chi connectivity index (χ4n) is 2.59. The van der Waals surface area contributed by atoms with Crippen LogP contribution in [0.25, 0.3) is 11.1 Å². The number of aromatic amines is 1. The molecule has 2 N–H and O–H groups in total. The van der Waals surface area contributed by atoms with E-state index in [0.717, 1.165) is 6.42 Å². The van der Waals surface area contributed by atoms with Crippen molar-refractivity contribution in [3.8, 4) is 11.5 Å². The van der Waals surface area contributed by atoms with E-state index in [4.69, 9.17) is 25.5 Å². The van der Waals surface area contributed by atoms with Crippen LogP contribution in [0.1, 0.15) is 25.8 Å². The van der Waals surface area contributed by atoms with Crippen LogP contribution in [-0.2, 0) is 10.0 Å². The van der Waals surface area contributed by atoms with E-state index >= 15 is 0 Å². The highest BCUT2D eigenvalue weighted by molar-refractivity contribution is 7.89. The van der Waals surface area contributed by atoms with Crippen LogP contribution < -0.4 is 20.1 Å². The van der Waals surface area contributed by atoms with Crippen LogP contribution >= 0.6 is 11.6 Å². The van der Waals surface area contributed by atoms with E-state index in [-0.39, 0.29) is 10.5 Å². The molecule has 30 heavy (non-hydrogen) atoms. The van der Waals surface area contributed by atoms with Gasteiger partial charge in [-0.1, -0.05) is 18.5 Å². The lowest BCUT2D eigenvalue weighted by Gasteiger charge is -2.13. The molecule has 11 heteroatoms. The molecule has 1 heterocycles. The Balaban J connectivity index is 1.81. The van der Waals surface area contributed by atoms with Gasteiger partial charge in [0.25, 0.3) is 10.0 Å². The van der Waals surface area contributed by atoms with E-state index in [0.29, 0.717) is 40.8 Å². The molecule has 0 amide bonds. The van der Waals surface area contributed by atoms with Gasteiger partial charge in [0.05, 0.1) is 34.9 Å². The second kappa shape index (κ2) is 9.23. The summed E-state index contributed by atoms with van der Waals surface area (Å²) in [4.78, 5) is 15.7. The van der Waals surface area contributed by atoms with E-state index in [1.54, 1.807) is 12.1 Å². The largest absolute Gasteiger partial charge is 0.490 e. The molecule has 9 nitrogen and oxygen atoms in total. The summed E-state index contributed by atoms with van der Waals surface area (Å²) in [6, 6.07) is 7.23. The standard InChI is InChI=1S/C19H20ClN3O6S/c1-3-7-28-18-14(20)8-12(9-17(18)27-4-2)11-21-23-30(25,26)13-5-6-15-16(10-13)29-19(24)22-15/h5-6,8-11,23H,3-4,7H2,1-2H3,(H,22,24)/b21-11+. The summed E-state index contributed by atoms with van der Waals surface area (Å²) in [5.74, 6) is 0.203. The molecule has 0 aliphatic rings. The van der Waals surface area contributed by atoms with Crippen molar-refractivity contribution in [2.75, 3.05) is 13.2 Å². The highest BCUT2D eigenvalue weighted by atomic mass is 35.5. The van der Waals surface area contributed by atoms with Crippen molar-refractivity contribution in [2.24, 2.45) is 5.10 Å². The van der Waals surface area contributed by atoms with E-state index in [1.807, 2.05) is 13.8 Å². The maximum Gasteiger partial charge on any atom is 0.417 e. The Bertz CT molecular complexity index is 1230. The van der Waals surface area contributed by atoms with Crippen molar-refractivity contribution in [3.63, 3.8) is 0 Å². The number of hydrogen-bond donors (Lipinski definition) is 2. The van der Waals surface area contributed by atoms with Gasteiger partial charge in [0.2, 0.25) is 0 Å². The molecule has 3 rings (SSSR count). The maximum absolute atomic E-state index is 12.5. The number of hydrogen-bond acceptors (Lipinski definition) is 7. The molecular weight excluding hydrogens is 434 g/mol. The van der Waals surface area contributed by atoms with Crippen LogP contribution in [0.15, 0.2) is 49.5 Å². The van der Waals surface area contributed by atoms with Gasteiger partial charge >= 0.3 is 5.76 Å². The van der Waals surface area contributed by atoms with Crippen molar-refractivity contribution in [3.05, 3.63) is 51.5 Å². The Morgan fingerprint density at radius 3 is 2.77 bits per heavy atom. The minimum Gasteiger partial charge on any atom is -0.490 e. The Morgan fingerprint density at radius 2 is 2.03 bits per heavy atom. The molecule has 2 aromatic carbocycles. The van der Waals surface area contributed by atoms with E-state index in [1.165, 1.54) is 24.4 Å². The predicted molar refractivity (Wildman–Crippen MR) is 113 cm³/mol. The van der Waals surface area contributed by atoms with Crippen molar-refractivity contribution in [1.29, 1.82) is 0 Å². The third-order valence-electron chi connectivity index (χ3n) is 3.87. The molecule has 0 aliphatic carbocycles. The molecule has 0 saturated heterocycles. The molecule has 0 spiro atoms. The second-order valence-corrected chi connectivity index (χ2v) is 8.20. The van der Waals surface area contributed by atoms with Crippen LogP contribution in [0.2, 0.25) is 5.02 Å². The van der Waals surface area contributed by atoms with Gasteiger partial charge in [0.1, 0.15) is 0 Å². The molecule has 0 bridgehead atoms. The highest BCUT2D eigenvalue weighted by Gasteiger charge is 2.16.